The summed E-state index contributed by atoms with van der Waals surface area (Å²) in [6.45, 7) is 4.02. The summed E-state index contributed by atoms with van der Waals surface area (Å²) in [5.74, 6) is 0. The maximum atomic E-state index is 5.65. The van der Waals surface area contributed by atoms with E-state index in [1.807, 2.05) is 6.07 Å². The molecule has 1 unspecified atom stereocenters. The van der Waals surface area contributed by atoms with Gasteiger partial charge in [-0.1, -0.05) is 18.2 Å². The monoisotopic (exact) mass is 162 g/mol. The first kappa shape index (κ1) is 7.62. The normalized spacial score (nSPS) is 27.3. The van der Waals surface area contributed by atoms with E-state index in [9.17, 15) is 0 Å². The molecule has 0 spiro atoms. The molecule has 0 aromatic heterocycles. The average molecular weight is 162 g/mol. The molecule has 1 heterocycles. The van der Waals surface area contributed by atoms with Gasteiger partial charge in [-0.05, 0) is 19.1 Å². The molecule has 1 saturated heterocycles. The molecule has 1 aromatic rings. The number of nitrogens with zero attached hydrogens (tertiary/aromatic N) is 1. The summed E-state index contributed by atoms with van der Waals surface area (Å²) >= 11 is 0. The van der Waals surface area contributed by atoms with Crippen molar-refractivity contribution < 1.29 is 0 Å². The smallest absolute Gasteiger partial charge is 0.0671 e. The highest BCUT2D eigenvalue weighted by Gasteiger charge is 2.46. The maximum Gasteiger partial charge on any atom is 0.0671 e. The van der Waals surface area contributed by atoms with Crippen LogP contribution in [0.3, 0.4) is 0 Å². The lowest BCUT2D eigenvalue weighted by atomic mass is 10.2. The fraction of sp³-hybridized carbons (Fsp3) is 0.400. The van der Waals surface area contributed by atoms with Gasteiger partial charge in [0.2, 0.25) is 0 Å². The number of anilines is 1. The van der Waals surface area contributed by atoms with Crippen LogP contribution in [0, 0.1) is 0 Å². The standard InChI is InChI=1S/C10H14N2/c1-10(7-11)8-12(10)9-5-3-2-4-6-9/h2-6H,7-8,11H2,1H3. The largest absolute Gasteiger partial charge is 0.361 e. The van der Waals surface area contributed by atoms with E-state index in [1.54, 1.807) is 0 Å². The number of para-hydroxylation sites is 1. The maximum absolute atomic E-state index is 5.65. The van der Waals surface area contributed by atoms with Crippen molar-refractivity contribution in [3.8, 4) is 0 Å². The summed E-state index contributed by atoms with van der Waals surface area (Å²) in [4.78, 5) is 2.33. The molecule has 1 fully saturated rings. The van der Waals surface area contributed by atoms with Crippen molar-refractivity contribution in [2.24, 2.45) is 5.73 Å². The van der Waals surface area contributed by atoms with Crippen molar-refractivity contribution >= 4 is 5.69 Å². The van der Waals surface area contributed by atoms with Gasteiger partial charge in [0.15, 0.2) is 0 Å². The van der Waals surface area contributed by atoms with Crippen LogP contribution in [0.5, 0.6) is 0 Å². The minimum Gasteiger partial charge on any atom is -0.361 e. The third kappa shape index (κ3) is 1.08. The molecule has 1 atom stereocenters. The fourth-order valence-electron chi connectivity index (χ4n) is 1.49. The lowest BCUT2D eigenvalue weighted by Gasteiger charge is -2.10. The van der Waals surface area contributed by atoms with Gasteiger partial charge >= 0.3 is 0 Å². The van der Waals surface area contributed by atoms with Crippen molar-refractivity contribution in [2.45, 2.75) is 12.5 Å². The Hall–Kier alpha value is -1.02. The van der Waals surface area contributed by atoms with Crippen LogP contribution >= 0.6 is 0 Å². The Kier molecular flexibility index (Phi) is 1.58. The van der Waals surface area contributed by atoms with Gasteiger partial charge in [-0.15, -0.1) is 0 Å². The predicted molar refractivity (Wildman–Crippen MR) is 51.2 cm³/mol. The molecule has 2 heteroatoms. The molecular formula is C10H14N2. The van der Waals surface area contributed by atoms with Gasteiger partial charge < -0.3 is 10.6 Å². The first-order valence-corrected chi connectivity index (χ1v) is 4.29. The highest BCUT2D eigenvalue weighted by atomic mass is 15.4. The Balaban J connectivity index is 2.16. The molecule has 0 radical (unpaired) electrons. The Labute approximate surface area is 73.0 Å². The highest BCUT2D eigenvalue weighted by Crippen LogP contribution is 2.36. The molecule has 1 aliphatic rings. The minimum atomic E-state index is 0.224. The second-order valence-electron chi connectivity index (χ2n) is 3.62. The minimum absolute atomic E-state index is 0.224. The van der Waals surface area contributed by atoms with Crippen LogP contribution in [0.4, 0.5) is 5.69 Å². The number of nitrogens with two attached hydrogens (primary N) is 1. The molecule has 2 rings (SSSR count). The summed E-state index contributed by atoms with van der Waals surface area (Å²) in [6.07, 6.45) is 0. The molecule has 2 N–H and O–H groups in total. The van der Waals surface area contributed by atoms with Crippen LogP contribution in [0.1, 0.15) is 6.92 Å². The third-order valence-corrected chi connectivity index (χ3v) is 2.55. The molecule has 1 aliphatic heterocycles. The lowest BCUT2D eigenvalue weighted by molar-refractivity contribution is 0.733. The van der Waals surface area contributed by atoms with E-state index in [-0.39, 0.29) is 5.54 Å². The van der Waals surface area contributed by atoms with Crippen LogP contribution in [0.15, 0.2) is 30.3 Å². The fourth-order valence-corrected chi connectivity index (χ4v) is 1.49. The first-order chi connectivity index (χ1) is 5.76. The Morgan fingerprint density at radius 3 is 2.58 bits per heavy atom. The predicted octanol–water partition coefficient (Wildman–Crippen LogP) is 1.22. The molecule has 12 heavy (non-hydrogen) atoms. The van der Waals surface area contributed by atoms with Crippen molar-refractivity contribution in [1.29, 1.82) is 0 Å². The Morgan fingerprint density at radius 2 is 2.08 bits per heavy atom. The zero-order chi connectivity index (χ0) is 8.60. The van der Waals surface area contributed by atoms with Crippen LogP contribution < -0.4 is 10.6 Å². The average Bonchev–Trinajstić information content (AvgIpc) is 2.81. The van der Waals surface area contributed by atoms with E-state index in [4.69, 9.17) is 5.73 Å². The van der Waals surface area contributed by atoms with Crippen LogP contribution in [-0.2, 0) is 0 Å². The second-order valence-corrected chi connectivity index (χ2v) is 3.62. The highest BCUT2D eigenvalue weighted by molar-refractivity contribution is 5.57. The Morgan fingerprint density at radius 1 is 1.42 bits per heavy atom. The molecule has 0 saturated carbocycles. The van der Waals surface area contributed by atoms with E-state index in [2.05, 4.69) is 36.1 Å². The van der Waals surface area contributed by atoms with E-state index in [0.717, 1.165) is 13.1 Å². The molecule has 0 amide bonds. The van der Waals surface area contributed by atoms with Crippen LogP contribution in [-0.4, -0.2) is 18.6 Å². The molecule has 0 aliphatic carbocycles. The van der Waals surface area contributed by atoms with Crippen molar-refractivity contribution in [3.05, 3.63) is 30.3 Å². The summed E-state index contributed by atoms with van der Waals surface area (Å²) in [5.41, 5.74) is 7.16. The van der Waals surface area contributed by atoms with Crippen molar-refractivity contribution in [2.75, 3.05) is 18.0 Å². The van der Waals surface area contributed by atoms with Gasteiger partial charge in [0.05, 0.1) is 5.54 Å². The van der Waals surface area contributed by atoms with Gasteiger partial charge in [-0.2, -0.15) is 0 Å². The summed E-state index contributed by atoms with van der Waals surface area (Å²) in [6, 6.07) is 10.4. The van der Waals surface area contributed by atoms with E-state index in [1.165, 1.54) is 5.69 Å². The van der Waals surface area contributed by atoms with E-state index in [0.29, 0.717) is 0 Å². The van der Waals surface area contributed by atoms with Gasteiger partial charge in [0.1, 0.15) is 0 Å². The summed E-state index contributed by atoms with van der Waals surface area (Å²) < 4.78 is 0. The number of hydrogen-bond donors (Lipinski definition) is 1. The molecule has 64 valence electrons. The van der Waals surface area contributed by atoms with Crippen LogP contribution in [0.2, 0.25) is 0 Å². The van der Waals surface area contributed by atoms with Gasteiger partial charge in [0.25, 0.3) is 0 Å². The summed E-state index contributed by atoms with van der Waals surface area (Å²) in [5, 5.41) is 0. The molecule has 0 bridgehead atoms. The topological polar surface area (TPSA) is 29.0 Å². The van der Waals surface area contributed by atoms with Gasteiger partial charge in [-0.25, -0.2) is 0 Å². The Bertz CT molecular complexity index is 270. The van der Waals surface area contributed by atoms with Gasteiger partial charge in [0, 0.05) is 18.8 Å². The lowest BCUT2D eigenvalue weighted by Crippen LogP contribution is -2.24. The van der Waals surface area contributed by atoms with E-state index < -0.39 is 0 Å². The number of rotatable bonds is 2. The zero-order valence-corrected chi connectivity index (χ0v) is 7.33. The third-order valence-electron chi connectivity index (χ3n) is 2.55. The van der Waals surface area contributed by atoms with E-state index >= 15 is 0 Å². The second kappa shape index (κ2) is 2.49. The van der Waals surface area contributed by atoms with Crippen LogP contribution in [0.25, 0.3) is 0 Å². The number of benzene rings is 1. The molecular weight excluding hydrogens is 148 g/mol. The van der Waals surface area contributed by atoms with Crippen molar-refractivity contribution in [3.63, 3.8) is 0 Å². The molecule has 1 aromatic carbocycles. The quantitative estimate of drug-likeness (QED) is 0.662. The number of hydrogen-bond acceptors (Lipinski definition) is 2. The molecule has 2 nitrogen and oxygen atoms in total. The zero-order valence-electron chi connectivity index (χ0n) is 7.33. The SMILES string of the molecule is CC1(CN)CN1c1ccccc1. The van der Waals surface area contributed by atoms with Gasteiger partial charge in [-0.3, -0.25) is 0 Å². The van der Waals surface area contributed by atoms with Crippen molar-refractivity contribution in [1.82, 2.24) is 0 Å². The summed E-state index contributed by atoms with van der Waals surface area (Å²) in [7, 11) is 0. The first-order valence-electron chi connectivity index (χ1n) is 4.29.